The molecule has 5 nitrogen and oxygen atoms in total. The Balaban J connectivity index is 2.06. The van der Waals surface area contributed by atoms with Gasteiger partial charge in [0.1, 0.15) is 5.82 Å². The lowest BCUT2D eigenvalue weighted by atomic mass is 9.83. The van der Waals surface area contributed by atoms with Crippen LogP contribution in [0.25, 0.3) is 0 Å². The third-order valence-electron chi connectivity index (χ3n) is 3.40. The maximum absolute atomic E-state index is 12.0. The molecule has 2 rings (SSSR count). The summed E-state index contributed by atoms with van der Waals surface area (Å²) in [6.45, 7) is 0. The van der Waals surface area contributed by atoms with Crippen molar-refractivity contribution in [1.29, 1.82) is 0 Å². The molecule has 96 valence electrons. The fraction of sp³-hybridized carbons (Fsp3) is 0.462. The molecular formula is C13H16N2O3. The predicted octanol–water partition coefficient (Wildman–Crippen LogP) is 1.93. The number of hydrogen-bond acceptors (Lipinski definition) is 3. The zero-order valence-corrected chi connectivity index (χ0v) is 10.3. The lowest BCUT2D eigenvalue weighted by molar-refractivity contribution is -0.119. The number of anilines is 1. The van der Waals surface area contributed by atoms with Crippen molar-refractivity contribution in [3.05, 3.63) is 23.9 Å². The molecule has 0 unspecified atom stereocenters. The average molecular weight is 248 g/mol. The number of carboxylic acids is 1. The van der Waals surface area contributed by atoms with Gasteiger partial charge in [-0.15, -0.1) is 0 Å². The second-order valence-corrected chi connectivity index (χ2v) is 4.66. The molecule has 0 aromatic carbocycles. The van der Waals surface area contributed by atoms with Crippen LogP contribution >= 0.6 is 0 Å². The van der Waals surface area contributed by atoms with Gasteiger partial charge in [0.15, 0.2) is 0 Å². The fourth-order valence-electron chi connectivity index (χ4n) is 1.94. The largest absolute Gasteiger partial charge is 0.478 e. The number of carboxylic acid groups (broad SMARTS) is 1. The van der Waals surface area contributed by atoms with E-state index in [1.165, 1.54) is 29.7 Å². The normalized spacial score (nSPS) is 14.9. The van der Waals surface area contributed by atoms with E-state index in [0.29, 0.717) is 18.2 Å². The van der Waals surface area contributed by atoms with Gasteiger partial charge in [0.25, 0.3) is 0 Å². The minimum Gasteiger partial charge on any atom is -0.478 e. The van der Waals surface area contributed by atoms with Gasteiger partial charge in [-0.2, -0.15) is 0 Å². The zero-order valence-electron chi connectivity index (χ0n) is 10.3. The summed E-state index contributed by atoms with van der Waals surface area (Å²) in [6, 6.07) is 2.83. The van der Waals surface area contributed by atoms with Crippen LogP contribution in [0, 0.1) is 5.92 Å². The van der Waals surface area contributed by atoms with Gasteiger partial charge in [-0.25, -0.2) is 9.78 Å². The van der Waals surface area contributed by atoms with Gasteiger partial charge in [-0.1, -0.05) is 6.42 Å². The number of hydrogen-bond donors (Lipinski definition) is 1. The maximum atomic E-state index is 12.0. The Morgan fingerprint density at radius 1 is 1.50 bits per heavy atom. The third-order valence-corrected chi connectivity index (χ3v) is 3.40. The van der Waals surface area contributed by atoms with Crippen molar-refractivity contribution in [2.45, 2.75) is 25.7 Å². The van der Waals surface area contributed by atoms with Crippen molar-refractivity contribution in [2.75, 3.05) is 11.9 Å². The number of carbonyl (C=O) groups excluding carboxylic acids is 1. The first kappa shape index (κ1) is 12.5. The minimum absolute atomic E-state index is 0.00487. The van der Waals surface area contributed by atoms with Crippen LogP contribution in [0.3, 0.4) is 0 Å². The smallest absolute Gasteiger partial charge is 0.335 e. The van der Waals surface area contributed by atoms with Crippen molar-refractivity contribution in [1.82, 2.24) is 4.98 Å². The molecule has 0 aliphatic heterocycles. The Morgan fingerprint density at radius 2 is 2.22 bits per heavy atom. The van der Waals surface area contributed by atoms with E-state index in [4.69, 9.17) is 5.11 Å². The standard InChI is InChI=1S/C13H16N2O3/c1-15(12(16)7-9-3-2-4-9)11-8-10(13(17)18)5-6-14-11/h5-6,8-9H,2-4,7H2,1H3,(H,17,18). The molecule has 1 aliphatic carbocycles. The molecule has 1 fully saturated rings. The Bertz CT molecular complexity index is 469. The van der Waals surface area contributed by atoms with Crippen molar-refractivity contribution in [3.8, 4) is 0 Å². The van der Waals surface area contributed by atoms with Crippen LogP contribution in [0.15, 0.2) is 18.3 Å². The minimum atomic E-state index is -1.02. The summed E-state index contributed by atoms with van der Waals surface area (Å²) >= 11 is 0. The lowest BCUT2D eigenvalue weighted by Gasteiger charge is -2.26. The predicted molar refractivity (Wildman–Crippen MR) is 66.6 cm³/mol. The van der Waals surface area contributed by atoms with E-state index < -0.39 is 5.97 Å². The topological polar surface area (TPSA) is 70.5 Å². The van der Waals surface area contributed by atoms with Gasteiger partial charge < -0.3 is 5.11 Å². The molecule has 1 aliphatic rings. The molecule has 1 aromatic heterocycles. The average Bonchev–Trinajstić information content (AvgIpc) is 2.32. The number of nitrogens with zero attached hydrogens (tertiary/aromatic N) is 2. The third kappa shape index (κ3) is 2.67. The molecule has 1 N–H and O–H groups in total. The Morgan fingerprint density at radius 3 is 2.78 bits per heavy atom. The van der Waals surface area contributed by atoms with E-state index in [1.54, 1.807) is 7.05 Å². The lowest BCUT2D eigenvalue weighted by Crippen LogP contribution is -2.30. The Labute approximate surface area is 105 Å². The van der Waals surface area contributed by atoms with Gasteiger partial charge in [-0.05, 0) is 30.9 Å². The van der Waals surface area contributed by atoms with Crippen LogP contribution in [-0.4, -0.2) is 29.0 Å². The highest BCUT2D eigenvalue weighted by molar-refractivity contribution is 5.94. The summed E-state index contributed by atoms with van der Waals surface area (Å²) in [6.07, 6.45) is 5.36. The van der Waals surface area contributed by atoms with Crippen LogP contribution in [0.4, 0.5) is 5.82 Å². The van der Waals surface area contributed by atoms with E-state index >= 15 is 0 Å². The molecule has 0 saturated heterocycles. The SMILES string of the molecule is CN(C(=O)CC1CCC1)c1cc(C(=O)O)ccn1. The molecule has 0 radical (unpaired) electrons. The van der Waals surface area contributed by atoms with Crippen LogP contribution in [0.5, 0.6) is 0 Å². The van der Waals surface area contributed by atoms with Gasteiger partial charge >= 0.3 is 5.97 Å². The zero-order chi connectivity index (χ0) is 13.1. The van der Waals surface area contributed by atoms with Crippen LogP contribution in [0.2, 0.25) is 0 Å². The molecular weight excluding hydrogens is 232 g/mol. The summed E-state index contributed by atoms with van der Waals surface area (Å²) < 4.78 is 0. The molecule has 1 amide bonds. The van der Waals surface area contributed by atoms with Crippen molar-refractivity contribution >= 4 is 17.7 Å². The monoisotopic (exact) mass is 248 g/mol. The number of pyridine rings is 1. The second kappa shape index (κ2) is 5.16. The molecule has 0 spiro atoms. The number of amides is 1. The van der Waals surface area contributed by atoms with E-state index in [2.05, 4.69) is 4.98 Å². The first-order valence-corrected chi connectivity index (χ1v) is 6.04. The molecule has 18 heavy (non-hydrogen) atoms. The highest BCUT2D eigenvalue weighted by Gasteiger charge is 2.23. The van der Waals surface area contributed by atoms with E-state index in [9.17, 15) is 9.59 Å². The maximum Gasteiger partial charge on any atom is 0.335 e. The van der Waals surface area contributed by atoms with Gasteiger partial charge in [0, 0.05) is 19.7 Å². The van der Waals surface area contributed by atoms with Gasteiger partial charge in [-0.3, -0.25) is 9.69 Å². The van der Waals surface area contributed by atoms with Crippen LogP contribution in [-0.2, 0) is 4.79 Å². The van der Waals surface area contributed by atoms with Crippen molar-refractivity contribution in [2.24, 2.45) is 5.92 Å². The summed E-state index contributed by atoms with van der Waals surface area (Å²) in [5, 5.41) is 8.89. The van der Waals surface area contributed by atoms with Crippen molar-refractivity contribution in [3.63, 3.8) is 0 Å². The van der Waals surface area contributed by atoms with Crippen molar-refractivity contribution < 1.29 is 14.7 Å². The first-order valence-electron chi connectivity index (χ1n) is 6.04. The molecule has 5 heteroatoms. The quantitative estimate of drug-likeness (QED) is 0.883. The Hall–Kier alpha value is -1.91. The molecule has 0 atom stereocenters. The Kier molecular flexibility index (Phi) is 3.60. The number of carbonyl (C=O) groups is 2. The molecule has 0 bridgehead atoms. The van der Waals surface area contributed by atoms with Gasteiger partial charge in [0.2, 0.25) is 5.91 Å². The van der Waals surface area contributed by atoms with Gasteiger partial charge in [0.05, 0.1) is 5.56 Å². The van der Waals surface area contributed by atoms with Crippen LogP contribution in [0.1, 0.15) is 36.0 Å². The number of aromatic nitrogens is 1. The van der Waals surface area contributed by atoms with Crippen LogP contribution < -0.4 is 4.90 Å². The second-order valence-electron chi connectivity index (χ2n) is 4.66. The van der Waals surface area contributed by atoms with E-state index in [0.717, 1.165) is 12.8 Å². The molecule has 1 saturated carbocycles. The summed E-state index contributed by atoms with van der Waals surface area (Å²) in [7, 11) is 1.63. The van der Waals surface area contributed by atoms with E-state index in [1.807, 2.05) is 0 Å². The number of rotatable bonds is 4. The van der Waals surface area contributed by atoms with E-state index in [-0.39, 0.29) is 11.5 Å². The fourth-order valence-corrected chi connectivity index (χ4v) is 1.94. The highest BCUT2D eigenvalue weighted by atomic mass is 16.4. The summed E-state index contributed by atoms with van der Waals surface area (Å²) in [5.74, 6) is -0.143. The first-order chi connectivity index (χ1) is 8.58. The summed E-state index contributed by atoms with van der Waals surface area (Å²) in [4.78, 5) is 28.3. The molecule has 1 aromatic rings. The number of aromatic carboxylic acids is 1. The highest BCUT2D eigenvalue weighted by Crippen LogP contribution is 2.30. The summed E-state index contributed by atoms with van der Waals surface area (Å²) in [5.41, 5.74) is 0.142. The molecule has 1 heterocycles.